The van der Waals surface area contributed by atoms with Crippen molar-refractivity contribution in [3.63, 3.8) is 0 Å². The summed E-state index contributed by atoms with van der Waals surface area (Å²) in [6.07, 6.45) is 0. The number of rotatable bonds is 2. The Bertz CT molecular complexity index is 604. The molecule has 2 aliphatic rings. The first-order valence-corrected chi connectivity index (χ1v) is 11.5. The summed E-state index contributed by atoms with van der Waals surface area (Å²) in [7, 11) is 1.50. The fourth-order valence-electron chi connectivity index (χ4n) is 4.05. The average molecular weight is 380 g/mol. The van der Waals surface area contributed by atoms with Crippen molar-refractivity contribution in [3.8, 4) is 0 Å². The van der Waals surface area contributed by atoms with E-state index in [0.29, 0.717) is 11.8 Å². The van der Waals surface area contributed by atoms with Crippen LogP contribution >= 0.6 is 0 Å². The van der Waals surface area contributed by atoms with Crippen molar-refractivity contribution in [2.45, 2.75) is 62.3 Å². The number of hydrogen-bond donors (Lipinski definition) is 0. The normalized spacial score (nSPS) is 22.4. The summed E-state index contributed by atoms with van der Waals surface area (Å²) in [5.41, 5.74) is 9.49. The van der Waals surface area contributed by atoms with Gasteiger partial charge >= 0.3 is 137 Å². The van der Waals surface area contributed by atoms with Gasteiger partial charge in [-0.15, -0.1) is 0 Å². The summed E-state index contributed by atoms with van der Waals surface area (Å²) < 4.78 is 6.19. The molecule has 0 spiro atoms. The van der Waals surface area contributed by atoms with Gasteiger partial charge in [0.25, 0.3) is 0 Å². The molecule has 0 aromatic carbocycles. The molecule has 0 aromatic rings. The fraction of sp³-hybridized carbons (Fsp3) is 0.591. The molecule has 3 heteroatoms. The van der Waals surface area contributed by atoms with E-state index in [0.717, 1.165) is 14.2 Å². The molecule has 0 saturated heterocycles. The predicted molar refractivity (Wildman–Crippen MR) is 104 cm³/mol. The van der Waals surface area contributed by atoms with Crippen molar-refractivity contribution in [2.24, 2.45) is 11.8 Å². The molecule has 0 bridgehead atoms. The Morgan fingerprint density at radius 3 is 1.08 bits per heavy atom. The molecule has 0 aliphatic heterocycles. The molecular weight excluding hydrogens is 344 g/mol. The summed E-state index contributed by atoms with van der Waals surface area (Å²) in [5, 5.41) is 16.5. The quantitative estimate of drug-likeness (QED) is 0.682. The minimum absolute atomic E-state index is 0.657. The second kappa shape index (κ2) is 10.6. The maximum Gasteiger partial charge on any atom is -0.153 e. The topological polar surface area (TPSA) is 46.1 Å². The van der Waals surface area contributed by atoms with Crippen molar-refractivity contribution in [2.75, 3.05) is 14.2 Å². The van der Waals surface area contributed by atoms with E-state index in [2.05, 4.69) is 66.6 Å². The minimum atomic E-state index is -1.48. The molecule has 0 heterocycles. The van der Waals surface area contributed by atoms with E-state index in [9.17, 15) is 0 Å². The van der Waals surface area contributed by atoms with Crippen LogP contribution in [0.5, 0.6) is 0 Å². The van der Waals surface area contributed by atoms with Gasteiger partial charge in [-0.1, -0.05) is 0 Å². The Labute approximate surface area is 161 Å². The van der Waals surface area contributed by atoms with Gasteiger partial charge < -0.3 is 10.2 Å². The Balaban J connectivity index is 0.00000134. The van der Waals surface area contributed by atoms with Crippen LogP contribution in [-0.4, -0.2) is 18.5 Å². The van der Waals surface area contributed by atoms with Gasteiger partial charge in [-0.25, -0.2) is 0 Å². The molecule has 2 aliphatic carbocycles. The molecule has 0 saturated carbocycles. The standard InChI is InChI=1S/2C9H13.C2H4.2CH3O.Ti/c2*1-6-5-7(2)9(4)8(6)3;3*1-2;/h2*6H,1-4H3;1H,2H3;2*1H3;/q;;;2*-1;+2. The second-order valence-corrected chi connectivity index (χ2v) is 10.7. The molecule has 25 heavy (non-hydrogen) atoms. The molecule has 0 fully saturated rings. The molecule has 2 unspecified atom stereocenters. The van der Waals surface area contributed by atoms with Crippen LogP contribution in [0, 0.1) is 11.8 Å². The molecule has 2 nitrogen and oxygen atoms in total. The van der Waals surface area contributed by atoms with E-state index in [4.69, 9.17) is 10.2 Å². The van der Waals surface area contributed by atoms with Gasteiger partial charge in [-0.2, -0.15) is 14.2 Å². The second-order valence-electron chi connectivity index (χ2n) is 6.84. The van der Waals surface area contributed by atoms with E-state index >= 15 is 0 Å². The van der Waals surface area contributed by atoms with Crippen molar-refractivity contribution in [1.82, 2.24) is 0 Å². The van der Waals surface area contributed by atoms with Crippen LogP contribution in [0.3, 0.4) is 0 Å². The first-order chi connectivity index (χ1) is 11.7. The summed E-state index contributed by atoms with van der Waals surface area (Å²) in [6, 6.07) is 0. The molecule has 2 rings (SSSR count). The molecule has 0 amide bonds. The minimum Gasteiger partial charge on any atom is -0.857 e. The summed E-state index contributed by atoms with van der Waals surface area (Å²) >= 11 is -1.48. The summed E-state index contributed by atoms with van der Waals surface area (Å²) in [4.78, 5) is 0. The van der Waals surface area contributed by atoms with Gasteiger partial charge in [0.15, 0.2) is 0 Å². The first-order valence-electron chi connectivity index (χ1n) is 8.99. The van der Waals surface area contributed by atoms with Gasteiger partial charge in [-0.05, 0) is 0 Å². The molecular formula is C22H36O2Ti. The monoisotopic (exact) mass is 380 g/mol. The fourth-order valence-corrected chi connectivity index (χ4v) is 9.46. The molecule has 2 atom stereocenters. The summed E-state index contributed by atoms with van der Waals surface area (Å²) in [6.45, 7) is 21.1. The zero-order valence-corrected chi connectivity index (χ0v) is 19.6. The van der Waals surface area contributed by atoms with Gasteiger partial charge in [0.05, 0.1) is 0 Å². The summed E-state index contributed by atoms with van der Waals surface area (Å²) in [5.74, 6) is 1.31. The van der Waals surface area contributed by atoms with E-state index < -0.39 is 17.4 Å². The molecule has 0 N–H and O–H groups in total. The van der Waals surface area contributed by atoms with Crippen LogP contribution in [0.4, 0.5) is 0 Å². The number of hydrogen-bond acceptors (Lipinski definition) is 2. The van der Waals surface area contributed by atoms with E-state index in [-0.39, 0.29) is 0 Å². The van der Waals surface area contributed by atoms with E-state index in [1.54, 1.807) is 41.2 Å². The third kappa shape index (κ3) is 4.42. The predicted octanol–water partition coefficient (Wildman–Crippen LogP) is 3.90. The van der Waals surface area contributed by atoms with Crippen molar-refractivity contribution >= 4 is 4.31 Å². The SMILES string of the molecule is C[CH]=[Ti+2]([C]1=C(C)C(C)=C(C)C1C)[C]1=C(C)C(C)=C(C)C1C.C[O-].C[O-]. The largest absolute Gasteiger partial charge is 0.857 e. The van der Waals surface area contributed by atoms with Gasteiger partial charge in [0.1, 0.15) is 0 Å². The smallest absolute Gasteiger partial charge is 0.153 e. The van der Waals surface area contributed by atoms with Gasteiger partial charge in [0.2, 0.25) is 0 Å². The Kier molecular flexibility index (Phi) is 10.3. The van der Waals surface area contributed by atoms with E-state index in [1.807, 2.05) is 0 Å². The first kappa shape index (κ1) is 24.5. The van der Waals surface area contributed by atoms with Crippen molar-refractivity contribution in [1.29, 1.82) is 0 Å². The van der Waals surface area contributed by atoms with Crippen LogP contribution < -0.4 is 10.2 Å². The van der Waals surface area contributed by atoms with Gasteiger partial charge in [0, 0.05) is 0 Å². The van der Waals surface area contributed by atoms with Crippen LogP contribution in [0.25, 0.3) is 0 Å². The zero-order chi connectivity index (χ0) is 20.1. The number of allylic oxidation sites excluding steroid dienone is 8. The third-order valence-corrected chi connectivity index (χ3v) is 11.4. The Morgan fingerprint density at radius 2 is 0.920 bits per heavy atom. The van der Waals surface area contributed by atoms with Crippen molar-refractivity contribution in [3.05, 3.63) is 41.2 Å². The van der Waals surface area contributed by atoms with Crippen LogP contribution in [-0.2, 0) is 17.4 Å². The van der Waals surface area contributed by atoms with Gasteiger partial charge in [-0.3, -0.25) is 0 Å². The third-order valence-electron chi connectivity index (χ3n) is 6.15. The molecule has 140 valence electrons. The zero-order valence-electron chi connectivity index (χ0n) is 18.0. The average Bonchev–Trinajstić information content (AvgIpc) is 2.95. The maximum atomic E-state index is 8.25. The van der Waals surface area contributed by atoms with Crippen LogP contribution in [0.1, 0.15) is 62.3 Å². The maximum absolute atomic E-state index is 8.25. The molecule has 0 radical (unpaired) electrons. The Morgan fingerprint density at radius 1 is 0.640 bits per heavy atom. The van der Waals surface area contributed by atoms with Crippen LogP contribution in [0.2, 0.25) is 0 Å². The van der Waals surface area contributed by atoms with Crippen molar-refractivity contribution < 1.29 is 27.6 Å². The molecule has 0 aromatic heterocycles. The Hall–Kier alpha value is -0.536. The van der Waals surface area contributed by atoms with E-state index in [1.165, 1.54) is 0 Å². The van der Waals surface area contributed by atoms with Crippen LogP contribution in [0.15, 0.2) is 41.2 Å².